The second kappa shape index (κ2) is 6.54. The molecule has 0 fully saturated rings. The number of amides is 1. The minimum Gasteiger partial charge on any atom is -0.386 e. The summed E-state index contributed by atoms with van der Waals surface area (Å²) < 4.78 is 0. The predicted molar refractivity (Wildman–Crippen MR) is 88.0 cm³/mol. The molecular weight excluding hydrogens is 298 g/mol. The lowest BCUT2D eigenvalue weighted by Crippen LogP contribution is -2.24. The molecule has 0 spiro atoms. The zero-order valence-electron chi connectivity index (χ0n) is 13.3. The number of aromatic nitrogens is 2. The summed E-state index contributed by atoms with van der Waals surface area (Å²) in [6.45, 7) is 7.91. The van der Waals surface area contributed by atoms with E-state index in [1.54, 1.807) is 26.1 Å². The SMILES string of the molecule is CCNC(=O)c1nc(-c2cc(C(C)(C)O)ccn2)sc1CC. The van der Waals surface area contributed by atoms with Gasteiger partial charge in [0, 0.05) is 17.6 Å². The standard InChI is InChI=1S/C16H21N3O2S/c1-5-12-13(14(20)17-6-2)19-15(22-12)11-9-10(7-8-18-11)16(3,4)21/h7-9,21H,5-6H2,1-4H3,(H,17,20). The molecule has 0 saturated carbocycles. The molecule has 0 saturated heterocycles. The van der Waals surface area contributed by atoms with Crippen LogP contribution in [0.5, 0.6) is 0 Å². The van der Waals surface area contributed by atoms with E-state index in [9.17, 15) is 9.90 Å². The minimum atomic E-state index is -0.940. The Bertz CT molecular complexity index is 674. The Morgan fingerprint density at radius 3 is 2.73 bits per heavy atom. The molecule has 0 aromatic carbocycles. The molecular formula is C16H21N3O2S. The summed E-state index contributed by atoms with van der Waals surface area (Å²) in [5.41, 5.74) is 0.977. The van der Waals surface area contributed by atoms with E-state index in [1.807, 2.05) is 19.9 Å². The minimum absolute atomic E-state index is 0.152. The summed E-state index contributed by atoms with van der Waals surface area (Å²) >= 11 is 1.47. The number of rotatable bonds is 5. The van der Waals surface area contributed by atoms with E-state index in [1.165, 1.54) is 11.3 Å². The molecule has 0 unspecified atom stereocenters. The van der Waals surface area contributed by atoms with Crippen molar-refractivity contribution in [3.05, 3.63) is 34.5 Å². The molecule has 0 radical (unpaired) electrons. The highest BCUT2D eigenvalue weighted by atomic mass is 32.1. The van der Waals surface area contributed by atoms with Gasteiger partial charge >= 0.3 is 0 Å². The van der Waals surface area contributed by atoms with Gasteiger partial charge in [0.25, 0.3) is 5.91 Å². The first-order valence-corrected chi connectivity index (χ1v) is 8.15. The van der Waals surface area contributed by atoms with Crippen molar-refractivity contribution in [3.63, 3.8) is 0 Å². The molecule has 1 amide bonds. The number of nitrogens with one attached hydrogen (secondary N) is 1. The zero-order chi connectivity index (χ0) is 16.3. The number of thiazole rings is 1. The maximum absolute atomic E-state index is 12.1. The van der Waals surface area contributed by atoms with E-state index < -0.39 is 5.60 Å². The van der Waals surface area contributed by atoms with Crippen LogP contribution in [0.25, 0.3) is 10.7 Å². The third kappa shape index (κ3) is 3.51. The first kappa shape index (κ1) is 16.6. The summed E-state index contributed by atoms with van der Waals surface area (Å²) in [4.78, 5) is 21.8. The van der Waals surface area contributed by atoms with Crippen LogP contribution in [0.1, 0.15) is 48.6 Å². The fourth-order valence-electron chi connectivity index (χ4n) is 2.05. The Morgan fingerprint density at radius 2 is 2.14 bits per heavy atom. The van der Waals surface area contributed by atoms with E-state index in [-0.39, 0.29) is 5.91 Å². The topological polar surface area (TPSA) is 75.1 Å². The molecule has 0 aliphatic rings. The van der Waals surface area contributed by atoms with Crippen LogP contribution in [0.4, 0.5) is 0 Å². The van der Waals surface area contributed by atoms with Crippen molar-refractivity contribution < 1.29 is 9.90 Å². The van der Waals surface area contributed by atoms with Gasteiger partial charge in [0.1, 0.15) is 10.7 Å². The largest absolute Gasteiger partial charge is 0.386 e. The van der Waals surface area contributed by atoms with Gasteiger partial charge in [-0.05, 0) is 44.9 Å². The summed E-state index contributed by atoms with van der Waals surface area (Å²) in [5.74, 6) is -0.152. The van der Waals surface area contributed by atoms with E-state index in [4.69, 9.17) is 0 Å². The van der Waals surface area contributed by atoms with Crippen LogP contribution >= 0.6 is 11.3 Å². The number of nitrogens with zero attached hydrogens (tertiary/aromatic N) is 2. The van der Waals surface area contributed by atoms with E-state index in [0.29, 0.717) is 22.9 Å². The number of carbonyl (C=O) groups is 1. The second-order valence-electron chi connectivity index (χ2n) is 5.49. The van der Waals surface area contributed by atoms with E-state index in [0.717, 1.165) is 16.9 Å². The Labute approximate surface area is 134 Å². The highest BCUT2D eigenvalue weighted by Gasteiger charge is 2.20. The van der Waals surface area contributed by atoms with Gasteiger partial charge in [-0.2, -0.15) is 0 Å². The van der Waals surface area contributed by atoms with Gasteiger partial charge in [-0.25, -0.2) is 4.98 Å². The molecule has 2 heterocycles. The van der Waals surface area contributed by atoms with Crippen molar-refractivity contribution in [1.82, 2.24) is 15.3 Å². The lowest BCUT2D eigenvalue weighted by molar-refractivity contribution is 0.0785. The average Bonchev–Trinajstić information content (AvgIpc) is 2.91. The third-order valence-corrected chi connectivity index (χ3v) is 4.48. The smallest absolute Gasteiger partial charge is 0.271 e. The summed E-state index contributed by atoms with van der Waals surface area (Å²) in [6, 6.07) is 3.60. The Kier molecular flexibility index (Phi) is 4.93. The number of carbonyl (C=O) groups excluding carboxylic acids is 1. The molecule has 22 heavy (non-hydrogen) atoms. The van der Waals surface area contributed by atoms with Crippen molar-refractivity contribution in [2.75, 3.05) is 6.54 Å². The fraction of sp³-hybridized carbons (Fsp3) is 0.438. The zero-order valence-corrected chi connectivity index (χ0v) is 14.1. The van der Waals surface area contributed by atoms with Gasteiger partial charge in [-0.3, -0.25) is 9.78 Å². The highest BCUT2D eigenvalue weighted by Crippen LogP contribution is 2.29. The molecule has 2 rings (SSSR count). The van der Waals surface area contributed by atoms with Crippen molar-refractivity contribution in [2.24, 2.45) is 0 Å². The lowest BCUT2D eigenvalue weighted by Gasteiger charge is -2.17. The third-order valence-electron chi connectivity index (χ3n) is 3.26. The summed E-state index contributed by atoms with van der Waals surface area (Å²) in [7, 11) is 0. The van der Waals surface area contributed by atoms with Crippen molar-refractivity contribution in [3.8, 4) is 10.7 Å². The first-order chi connectivity index (χ1) is 10.4. The van der Waals surface area contributed by atoms with Crippen LogP contribution in [0.2, 0.25) is 0 Å². The van der Waals surface area contributed by atoms with Crippen LogP contribution in [0.3, 0.4) is 0 Å². The summed E-state index contributed by atoms with van der Waals surface area (Å²) in [6.07, 6.45) is 2.40. The predicted octanol–water partition coefficient (Wildman–Crippen LogP) is 2.74. The highest BCUT2D eigenvalue weighted by molar-refractivity contribution is 7.15. The Hall–Kier alpha value is -1.79. The van der Waals surface area contributed by atoms with Crippen LogP contribution in [-0.4, -0.2) is 27.5 Å². The molecule has 5 nitrogen and oxygen atoms in total. The average molecular weight is 319 g/mol. The van der Waals surface area contributed by atoms with Crippen LogP contribution in [-0.2, 0) is 12.0 Å². The number of hydrogen-bond donors (Lipinski definition) is 2. The van der Waals surface area contributed by atoms with Crippen LogP contribution in [0.15, 0.2) is 18.3 Å². The molecule has 2 aromatic heterocycles. The number of hydrogen-bond acceptors (Lipinski definition) is 5. The van der Waals surface area contributed by atoms with E-state index >= 15 is 0 Å². The van der Waals surface area contributed by atoms with Crippen LogP contribution < -0.4 is 5.32 Å². The maximum atomic E-state index is 12.1. The van der Waals surface area contributed by atoms with Crippen molar-refractivity contribution >= 4 is 17.2 Å². The molecule has 0 atom stereocenters. The fourth-order valence-corrected chi connectivity index (χ4v) is 3.02. The second-order valence-corrected chi connectivity index (χ2v) is 6.58. The Morgan fingerprint density at radius 1 is 1.41 bits per heavy atom. The van der Waals surface area contributed by atoms with Gasteiger partial charge in [-0.1, -0.05) is 6.92 Å². The quantitative estimate of drug-likeness (QED) is 0.888. The Balaban J connectivity index is 2.44. The maximum Gasteiger partial charge on any atom is 0.271 e. The normalized spacial score (nSPS) is 11.5. The number of aliphatic hydroxyl groups is 1. The monoisotopic (exact) mass is 319 g/mol. The van der Waals surface area contributed by atoms with Gasteiger partial charge < -0.3 is 10.4 Å². The van der Waals surface area contributed by atoms with Gasteiger partial charge in [0.15, 0.2) is 0 Å². The lowest BCUT2D eigenvalue weighted by atomic mass is 9.99. The molecule has 0 aliphatic heterocycles. The van der Waals surface area contributed by atoms with Gasteiger partial charge in [0.05, 0.1) is 11.3 Å². The summed E-state index contributed by atoms with van der Waals surface area (Å²) in [5, 5.41) is 13.6. The van der Waals surface area contributed by atoms with E-state index in [2.05, 4.69) is 15.3 Å². The molecule has 0 bridgehead atoms. The first-order valence-electron chi connectivity index (χ1n) is 7.34. The van der Waals surface area contributed by atoms with Gasteiger partial charge in [-0.15, -0.1) is 11.3 Å². The van der Waals surface area contributed by atoms with Crippen LogP contribution in [0, 0.1) is 0 Å². The van der Waals surface area contributed by atoms with Crippen molar-refractivity contribution in [2.45, 2.75) is 39.7 Å². The molecule has 0 aliphatic carbocycles. The number of pyridine rings is 1. The molecule has 2 N–H and O–H groups in total. The molecule has 2 aromatic rings. The molecule has 118 valence electrons. The van der Waals surface area contributed by atoms with Gasteiger partial charge in [0.2, 0.25) is 0 Å². The number of aryl methyl sites for hydroxylation is 1. The van der Waals surface area contributed by atoms with Crippen molar-refractivity contribution in [1.29, 1.82) is 0 Å². The molecule has 6 heteroatoms.